The quantitative estimate of drug-likeness (QED) is 0.605. The van der Waals surface area contributed by atoms with E-state index in [0.717, 1.165) is 10.5 Å². The Balaban J connectivity index is 1.57. The second-order valence-corrected chi connectivity index (χ2v) is 6.18. The number of amides is 2. The topological polar surface area (TPSA) is 63.7 Å². The summed E-state index contributed by atoms with van der Waals surface area (Å²) in [5.41, 5.74) is 1.56. The highest BCUT2D eigenvalue weighted by molar-refractivity contribution is 6.30. The van der Waals surface area contributed by atoms with Crippen molar-refractivity contribution in [3.8, 4) is 0 Å². The summed E-state index contributed by atoms with van der Waals surface area (Å²) in [5, 5.41) is 0.605. The average Bonchev–Trinajstić information content (AvgIpc) is 2.85. The summed E-state index contributed by atoms with van der Waals surface area (Å²) in [4.78, 5) is 37.6. The third-order valence-corrected chi connectivity index (χ3v) is 4.32. The third-order valence-electron chi connectivity index (χ3n) is 4.07. The standard InChI is InChI=1S/C19H16ClNO4/c1-12(13-6-8-14(20)9-7-13)25-17(22)10-11-21-18(23)15-4-2-3-5-16(15)19(21)24/h2-9,12H,10-11H2,1H3/t12-/m1/s1. The minimum atomic E-state index is -0.473. The first-order valence-corrected chi connectivity index (χ1v) is 8.25. The number of ether oxygens (including phenoxy) is 1. The van der Waals surface area contributed by atoms with E-state index in [1.165, 1.54) is 0 Å². The van der Waals surface area contributed by atoms with Crippen molar-refractivity contribution in [2.75, 3.05) is 6.54 Å². The number of halogens is 1. The fourth-order valence-corrected chi connectivity index (χ4v) is 2.83. The summed E-state index contributed by atoms with van der Waals surface area (Å²) in [5.74, 6) is -1.22. The van der Waals surface area contributed by atoms with Crippen LogP contribution in [0.3, 0.4) is 0 Å². The van der Waals surface area contributed by atoms with Crippen LogP contribution in [-0.2, 0) is 9.53 Å². The molecular weight excluding hydrogens is 342 g/mol. The molecule has 25 heavy (non-hydrogen) atoms. The average molecular weight is 358 g/mol. The number of nitrogens with zero attached hydrogens (tertiary/aromatic N) is 1. The van der Waals surface area contributed by atoms with Gasteiger partial charge < -0.3 is 4.74 Å². The smallest absolute Gasteiger partial charge is 0.308 e. The van der Waals surface area contributed by atoms with E-state index in [2.05, 4.69) is 0 Å². The molecule has 2 aromatic rings. The Bertz CT molecular complexity index is 797. The molecule has 1 atom stereocenters. The number of rotatable bonds is 5. The Kier molecular flexibility index (Phi) is 4.86. The van der Waals surface area contributed by atoms with E-state index < -0.39 is 12.1 Å². The van der Waals surface area contributed by atoms with Crippen LogP contribution in [0.4, 0.5) is 0 Å². The maximum absolute atomic E-state index is 12.2. The van der Waals surface area contributed by atoms with Gasteiger partial charge >= 0.3 is 5.97 Å². The lowest BCUT2D eigenvalue weighted by Crippen LogP contribution is -2.32. The van der Waals surface area contributed by atoms with Crippen LogP contribution >= 0.6 is 11.6 Å². The Morgan fingerprint density at radius 1 is 1.04 bits per heavy atom. The van der Waals surface area contributed by atoms with E-state index in [0.29, 0.717) is 16.1 Å². The molecule has 0 aliphatic carbocycles. The molecule has 0 saturated carbocycles. The Morgan fingerprint density at radius 2 is 1.60 bits per heavy atom. The van der Waals surface area contributed by atoms with Gasteiger partial charge in [0, 0.05) is 11.6 Å². The lowest BCUT2D eigenvalue weighted by atomic mass is 10.1. The van der Waals surface area contributed by atoms with Crippen LogP contribution in [-0.4, -0.2) is 29.2 Å². The van der Waals surface area contributed by atoms with Crippen LogP contribution < -0.4 is 0 Å². The molecular formula is C19H16ClNO4. The van der Waals surface area contributed by atoms with Gasteiger partial charge in [0.25, 0.3) is 11.8 Å². The second-order valence-electron chi connectivity index (χ2n) is 5.74. The molecule has 0 N–H and O–H groups in total. The first kappa shape index (κ1) is 17.2. The minimum Gasteiger partial charge on any atom is -0.458 e. The highest BCUT2D eigenvalue weighted by atomic mass is 35.5. The molecule has 0 aromatic heterocycles. The van der Waals surface area contributed by atoms with E-state index in [-0.39, 0.29) is 24.8 Å². The van der Waals surface area contributed by atoms with Gasteiger partial charge in [0.2, 0.25) is 0 Å². The number of benzene rings is 2. The zero-order chi connectivity index (χ0) is 18.0. The fourth-order valence-electron chi connectivity index (χ4n) is 2.70. The number of hydrogen-bond acceptors (Lipinski definition) is 4. The van der Waals surface area contributed by atoms with Crippen molar-refractivity contribution >= 4 is 29.4 Å². The first-order valence-electron chi connectivity index (χ1n) is 7.87. The van der Waals surface area contributed by atoms with E-state index in [1.807, 2.05) is 0 Å². The second kappa shape index (κ2) is 7.07. The molecule has 6 heteroatoms. The number of carbonyl (C=O) groups excluding carboxylic acids is 3. The van der Waals surface area contributed by atoms with Gasteiger partial charge in [-0.15, -0.1) is 0 Å². The highest BCUT2D eigenvalue weighted by Gasteiger charge is 2.35. The number of esters is 1. The number of hydrogen-bond donors (Lipinski definition) is 0. The summed E-state index contributed by atoms with van der Waals surface area (Å²) in [6, 6.07) is 13.6. The zero-order valence-electron chi connectivity index (χ0n) is 13.6. The van der Waals surface area contributed by atoms with Crippen LogP contribution in [0, 0.1) is 0 Å². The van der Waals surface area contributed by atoms with E-state index in [4.69, 9.17) is 16.3 Å². The van der Waals surface area contributed by atoms with Gasteiger partial charge in [0.15, 0.2) is 0 Å². The van der Waals surface area contributed by atoms with Gasteiger partial charge in [0.05, 0.1) is 17.5 Å². The molecule has 1 heterocycles. The summed E-state index contributed by atoms with van der Waals surface area (Å²) in [6.07, 6.45) is -0.490. The minimum absolute atomic E-state index is 0.00147. The maximum Gasteiger partial charge on any atom is 0.308 e. The zero-order valence-corrected chi connectivity index (χ0v) is 14.3. The van der Waals surface area contributed by atoms with Gasteiger partial charge in [-0.3, -0.25) is 19.3 Å². The predicted molar refractivity (Wildman–Crippen MR) is 92.4 cm³/mol. The molecule has 2 amide bonds. The first-order chi connectivity index (χ1) is 12.0. The normalized spacial score (nSPS) is 14.4. The lowest BCUT2D eigenvalue weighted by Gasteiger charge is -2.16. The fraction of sp³-hybridized carbons (Fsp3) is 0.211. The van der Waals surface area contributed by atoms with Crippen molar-refractivity contribution in [3.63, 3.8) is 0 Å². The molecule has 1 aliphatic heterocycles. The molecule has 0 radical (unpaired) electrons. The summed E-state index contributed by atoms with van der Waals surface area (Å²) in [6.45, 7) is 1.75. The van der Waals surface area contributed by atoms with Crippen molar-refractivity contribution in [1.82, 2.24) is 4.90 Å². The SMILES string of the molecule is C[C@@H](OC(=O)CCN1C(=O)c2ccccc2C1=O)c1ccc(Cl)cc1. The number of imide groups is 1. The van der Waals surface area contributed by atoms with E-state index in [1.54, 1.807) is 55.5 Å². The van der Waals surface area contributed by atoms with Crippen molar-refractivity contribution in [2.24, 2.45) is 0 Å². The monoisotopic (exact) mass is 357 g/mol. The van der Waals surface area contributed by atoms with Crippen LogP contribution in [0.15, 0.2) is 48.5 Å². The molecule has 0 unspecified atom stereocenters. The van der Waals surface area contributed by atoms with Gasteiger partial charge in [-0.2, -0.15) is 0 Å². The molecule has 5 nitrogen and oxygen atoms in total. The molecule has 2 aromatic carbocycles. The Morgan fingerprint density at radius 3 is 2.16 bits per heavy atom. The summed E-state index contributed by atoms with van der Waals surface area (Å²) in [7, 11) is 0. The van der Waals surface area contributed by atoms with Crippen LogP contribution in [0.2, 0.25) is 5.02 Å². The number of carbonyl (C=O) groups is 3. The predicted octanol–water partition coefficient (Wildman–Crippen LogP) is 3.63. The van der Waals surface area contributed by atoms with Crippen LogP contribution in [0.1, 0.15) is 45.7 Å². The molecule has 0 fully saturated rings. The number of fused-ring (bicyclic) bond motifs is 1. The van der Waals surface area contributed by atoms with Gasteiger partial charge in [-0.25, -0.2) is 0 Å². The molecule has 1 aliphatic rings. The molecule has 3 rings (SSSR count). The Labute approximate surface area is 150 Å². The van der Waals surface area contributed by atoms with E-state index in [9.17, 15) is 14.4 Å². The largest absolute Gasteiger partial charge is 0.458 e. The van der Waals surface area contributed by atoms with Crippen molar-refractivity contribution in [3.05, 3.63) is 70.2 Å². The molecule has 0 spiro atoms. The molecule has 0 bridgehead atoms. The summed E-state index contributed by atoms with van der Waals surface area (Å²) >= 11 is 5.83. The Hall–Kier alpha value is -2.66. The third kappa shape index (κ3) is 3.56. The van der Waals surface area contributed by atoms with Crippen molar-refractivity contribution in [1.29, 1.82) is 0 Å². The van der Waals surface area contributed by atoms with Gasteiger partial charge in [-0.1, -0.05) is 35.9 Å². The summed E-state index contributed by atoms with van der Waals surface area (Å²) < 4.78 is 5.35. The molecule has 128 valence electrons. The van der Waals surface area contributed by atoms with Crippen LogP contribution in [0.25, 0.3) is 0 Å². The lowest BCUT2D eigenvalue weighted by molar-refractivity contribution is -0.148. The van der Waals surface area contributed by atoms with Gasteiger partial charge in [-0.05, 0) is 36.8 Å². The van der Waals surface area contributed by atoms with Crippen molar-refractivity contribution in [2.45, 2.75) is 19.4 Å². The maximum atomic E-state index is 12.2. The molecule has 0 saturated heterocycles. The van der Waals surface area contributed by atoms with Crippen LogP contribution in [0.5, 0.6) is 0 Å². The van der Waals surface area contributed by atoms with Crippen molar-refractivity contribution < 1.29 is 19.1 Å². The van der Waals surface area contributed by atoms with E-state index >= 15 is 0 Å². The highest BCUT2D eigenvalue weighted by Crippen LogP contribution is 2.23. The van der Waals surface area contributed by atoms with Gasteiger partial charge in [0.1, 0.15) is 6.10 Å².